The third kappa shape index (κ3) is 3.25. The molecule has 0 unspecified atom stereocenters. The molecule has 6 heteroatoms. The molecule has 1 aromatic heterocycles. The van der Waals surface area contributed by atoms with Crippen LogP contribution in [0.2, 0.25) is 5.02 Å². The van der Waals surface area contributed by atoms with Crippen LogP contribution in [0, 0.1) is 11.3 Å². The quantitative estimate of drug-likeness (QED) is 0.903. The number of rotatable bonds is 4. The molecule has 0 bridgehead atoms. The van der Waals surface area contributed by atoms with Crippen LogP contribution in [0.3, 0.4) is 0 Å². The molecular weight excluding hydrogens is 284 g/mol. The van der Waals surface area contributed by atoms with E-state index in [0.717, 1.165) is 4.88 Å². The van der Waals surface area contributed by atoms with E-state index in [-0.39, 0.29) is 5.56 Å². The Balaban J connectivity index is 2.09. The van der Waals surface area contributed by atoms with Crippen LogP contribution in [0.5, 0.6) is 0 Å². The highest BCUT2D eigenvalue weighted by molar-refractivity contribution is 7.10. The Kier molecular flexibility index (Phi) is 4.05. The number of nitrogens with one attached hydrogen (secondary N) is 1. The second kappa shape index (κ2) is 5.74. The lowest BCUT2D eigenvalue weighted by Gasteiger charge is -2.07. The number of carboxylic acid groups (broad SMARTS) is 1. The summed E-state index contributed by atoms with van der Waals surface area (Å²) in [6.07, 6.45) is 0. The highest BCUT2D eigenvalue weighted by Gasteiger charge is 2.07. The molecule has 19 heavy (non-hydrogen) atoms. The minimum atomic E-state index is -0.938. The Morgan fingerprint density at radius 2 is 2.26 bits per heavy atom. The number of carbonyl (C=O) groups is 1. The van der Waals surface area contributed by atoms with Gasteiger partial charge in [-0.05, 0) is 24.3 Å². The maximum atomic E-state index is 10.8. The van der Waals surface area contributed by atoms with Gasteiger partial charge in [-0.1, -0.05) is 11.6 Å². The number of aromatic carboxylic acids is 1. The van der Waals surface area contributed by atoms with Crippen LogP contribution in [0.25, 0.3) is 0 Å². The van der Waals surface area contributed by atoms with Crippen molar-refractivity contribution in [2.75, 3.05) is 5.32 Å². The zero-order chi connectivity index (χ0) is 13.8. The summed E-state index contributed by atoms with van der Waals surface area (Å²) in [5.41, 5.74) is 1.45. The van der Waals surface area contributed by atoms with Crippen molar-refractivity contribution >= 4 is 34.6 Å². The molecule has 0 fully saturated rings. The van der Waals surface area contributed by atoms with Crippen molar-refractivity contribution in [3.63, 3.8) is 0 Å². The molecule has 0 amide bonds. The van der Waals surface area contributed by atoms with Gasteiger partial charge in [0, 0.05) is 16.8 Å². The first-order chi connectivity index (χ1) is 9.10. The van der Waals surface area contributed by atoms with E-state index in [1.165, 1.54) is 11.3 Å². The Hall–Kier alpha value is -2.03. The summed E-state index contributed by atoms with van der Waals surface area (Å²) in [5, 5.41) is 22.8. The summed E-state index contributed by atoms with van der Waals surface area (Å²) in [7, 11) is 0. The Morgan fingerprint density at radius 1 is 1.47 bits per heavy atom. The molecule has 1 heterocycles. The smallest absolute Gasteiger partial charge is 0.336 e. The number of halogens is 1. The molecule has 0 saturated heterocycles. The first-order valence-electron chi connectivity index (χ1n) is 5.34. The number of hydrogen-bond acceptors (Lipinski definition) is 4. The van der Waals surface area contributed by atoms with Gasteiger partial charge < -0.3 is 10.4 Å². The minimum absolute atomic E-state index is 0.277. The highest BCUT2D eigenvalue weighted by atomic mass is 35.5. The van der Waals surface area contributed by atoms with Crippen LogP contribution in [-0.4, -0.2) is 11.1 Å². The van der Waals surface area contributed by atoms with Crippen molar-refractivity contribution < 1.29 is 9.90 Å². The fourth-order valence-electron chi connectivity index (χ4n) is 1.50. The summed E-state index contributed by atoms with van der Waals surface area (Å²) in [4.78, 5) is 11.6. The van der Waals surface area contributed by atoms with Crippen molar-refractivity contribution in [2.45, 2.75) is 6.54 Å². The topological polar surface area (TPSA) is 73.1 Å². The average molecular weight is 293 g/mol. The fraction of sp³-hybridized carbons (Fsp3) is 0.0769. The van der Waals surface area contributed by atoms with E-state index in [1.807, 2.05) is 6.07 Å². The zero-order valence-electron chi connectivity index (χ0n) is 9.68. The van der Waals surface area contributed by atoms with Gasteiger partial charge in [0.05, 0.1) is 27.9 Å². The van der Waals surface area contributed by atoms with Crippen molar-refractivity contribution in [3.8, 4) is 6.07 Å². The maximum absolute atomic E-state index is 10.8. The predicted molar refractivity (Wildman–Crippen MR) is 74.8 cm³/mol. The van der Waals surface area contributed by atoms with E-state index in [4.69, 9.17) is 22.0 Å². The minimum Gasteiger partial charge on any atom is -0.478 e. The molecule has 0 aliphatic rings. The molecule has 2 N–H and O–H groups in total. The number of nitrogens with zero attached hydrogens (tertiary/aromatic N) is 1. The second-order valence-electron chi connectivity index (χ2n) is 3.77. The number of anilines is 1. The molecule has 96 valence electrons. The summed E-state index contributed by atoms with van der Waals surface area (Å²) in [6.45, 7) is 0.465. The van der Waals surface area contributed by atoms with Crippen molar-refractivity contribution in [3.05, 3.63) is 50.7 Å². The van der Waals surface area contributed by atoms with Crippen LogP contribution in [0.4, 0.5) is 5.69 Å². The lowest BCUT2D eigenvalue weighted by atomic mass is 10.2. The molecule has 0 aliphatic heterocycles. The molecule has 0 aliphatic carbocycles. The molecule has 0 saturated carbocycles. The van der Waals surface area contributed by atoms with Gasteiger partial charge in [-0.3, -0.25) is 0 Å². The molecule has 4 nitrogen and oxygen atoms in total. The van der Waals surface area contributed by atoms with Gasteiger partial charge in [0.1, 0.15) is 0 Å². The fourth-order valence-corrected chi connectivity index (χ4v) is 2.48. The van der Waals surface area contributed by atoms with Gasteiger partial charge in [-0.15, -0.1) is 11.3 Å². The molecule has 0 atom stereocenters. The first kappa shape index (κ1) is 13.4. The van der Waals surface area contributed by atoms with Gasteiger partial charge in [-0.25, -0.2) is 4.79 Å². The Morgan fingerprint density at radius 3 is 2.89 bits per heavy atom. The monoisotopic (exact) mass is 292 g/mol. The van der Waals surface area contributed by atoms with Crippen LogP contribution in [0.15, 0.2) is 29.6 Å². The standard InChI is InChI=1S/C13H9ClN2O2S/c14-11-2-1-8(5-15)3-12(11)16-6-10-4-9(7-19-10)13(17)18/h1-4,7,16H,6H2,(H,17,18). The van der Waals surface area contributed by atoms with Gasteiger partial charge in [0.2, 0.25) is 0 Å². The van der Waals surface area contributed by atoms with Crippen molar-refractivity contribution in [1.82, 2.24) is 0 Å². The van der Waals surface area contributed by atoms with E-state index >= 15 is 0 Å². The Bertz CT molecular complexity index is 661. The predicted octanol–water partition coefficient (Wildman–Crippen LogP) is 3.58. The number of carboxylic acids is 1. The van der Waals surface area contributed by atoms with E-state index in [9.17, 15) is 4.79 Å². The number of hydrogen-bond donors (Lipinski definition) is 2. The van der Waals surface area contributed by atoms with Crippen molar-refractivity contribution in [2.24, 2.45) is 0 Å². The average Bonchev–Trinajstić information content (AvgIpc) is 2.87. The van der Waals surface area contributed by atoms with Gasteiger partial charge in [-0.2, -0.15) is 5.26 Å². The summed E-state index contributed by atoms with van der Waals surface area (Å²) < 4.78 is 0. The lowest BCUT2D eigenvalue weighted by Crippen LogP contribution is -1.99. The summed E-state index contributed by atoms with van der Waals surface area (Å²) >= 11 is 7.37. The van der Waals surface area contributed by atoms with E-state index in [0.29, 0.717) is 22.8 Å². The molecule has 0 spiro atoms. The lowest BCUT2D eigenvalue weighted by molar-refractivity contribution is 0.0697. The maximum Gasteiger partial charge on any atom is 0.336 e. The van der Waals surface area contributed by atoms with Gasteiger partial charge in [0.15, 0.2) is 0 Å². The molecule has 2 aromatic rings. The Labute approximate surface area is 118 Å². The largest absolute Gasteiger partial charge is 0.478 e. The second-order valence-corrected chi connectivity index (χ2v) is 5.17. The molecule has 0 radical (unpaired) electrons. The summed E-state index contributed by atoms with van der Waals surface area (Å²) in [5.74, 6) is -0.938. The normalized spacial score (nSPS) is 9.89. The highest BCUT2D eigenvalue weighted by Crippen LogP contribution is 2.24. The van der Waals surface area contributed by atoms with Crippen LogP contribution in [0.1, 0.15) is 20.8 Å². The molecule has 1 aromatic carbocycles. The van der Waals surface area contributed by atoms with Crippen molar-refractivity contribution in [1.29, 1.82) is 5.26 Å². The van der Waals surface area contributed by atoms with E-state index < -0.39 is 5.97 Å². The van der Waals surface area contributed by atoms with Gasteiger partial charge in [0.25, 0.3) is 0 Å². The number of thiophene rings is 1. The van der Waals surface area contributed by atoms with Crippen LogP contribution >= 0.6 is 22.9 Å². The van der Waals surface area contributed by atoms with E-state index in [2.05, 4.69) is 5.32 Å². The third-order valence-electron chi connectivity index (χ3n) is 2.45. The first-order valence-corrected chi connectivity index (χ1v) is 6.60. The SMILES string of the molecule is N#Cc1ccc(Cl)c(NCc2cc(C(=O)O)cs2)c1. The zero-order valence-corrected chi connectivity index (χ0v) is 11.3. The van der Waals surface area contributed by atoms with Gasteiger partial charge >= 0.3 is 5.97 Å². The number of nitriles is 1. The molecular formula is C13H9ClN2O2S. The summed E-state index contributed by atoms with van der Waals surface area (Å²) in [6, 6.07) is 8.60. The van der Waals surface area contributed by atoms with Crippen LogP contribution in [-0.2, 0) is 6.54 Å². The van der Waals surface area contributed by atoms with E-state index in [1.54, 1.807) is 29.6 Å². The molecule has 2 rings (SSSR count). The number of benzene rings is 1. The van der Waals surface area contributed by atoms with Crippen LogP contribution < -0.4 is 5.32 Å². The third-order valence-corrected chi connectivity index (χ3v) is 3.72.